The first kappa shape index (κ1) is 24.0. The number of carbonyl (C=O) groups excluding carboxylic acids is 2. The molecule has 0 aromatic carbocycles. The van der Waals surface area contributed by atoms with Crippen LogP contribution in [-0.4, -0.2) is 62.8 Å². The molecule has 5 rings (SSSR count). The summed E-state index contributed by atoms with van der Waals surface area (Å²) >= 11 is 6.68. The van der Waals surface area contributed by atoms with Crippen molar-refractivity contribution in [2.24, 2.45) is 11.7 Å². The summed E-state index contributed by atoms with van der Waals surface area (Å²) < 4.78 is 7.65. The van der Waals surface area contributed by atoms with Crippen LogP contribution in [0.25, 0.3) is 11.7 Å². The van der Waals surface area contributed by atoms with E-state index in [9.17, 15) is 14.4 Å². The van der Waals surface area contributed by atoms with Gasteiger partial charge in [-0.25, -0.2) is 4.98 Å². The number of nitrogens with zero attached hydrogens (tertiary/aromatic N) is 4. The number of ether oxygens (including phenoxy) is 1. The van der Waals surface area contributed by atoms with Crippen LogP contribution in [-0.2, 0) is 14.3 Å². The number of pyridine rings is 1. The second kappa shape index (κ2) is 9.71. The normalized spacial score (nSPS) is 22.7. The molecule has 5 heterocycles. The summed E-state index contributed by atoms with van der Waals surface area (Å²) in [5.41, 5.74) is 7.02. The van der Waals surface area contributed by atoms with Gasteiger partial charge in [0.1, 0.15) is 15.8 Å². The number of piperidine rings is 1. The summed E-state index contributed by atoms with van der Waals surface area (Å²) in [4.78, 5) is 47.4. The van der Waals surface area contributed by atoms with Crippen LogP contribution in [0.5, 0.6) is 0 Å². The molecule has 2 aromatic heterocycles. The van der Waals surface area contributed by atoms with Gasteiger partial charge in [-0.3, -0.25) is 23.7 Å². The summed E-state index contributed by atoms with van der Waals surface area (Å²) in [5, 5.41) is 0. The molecule has 3 aliphatic heterocycles. The fraction of sp³-hybridized carbons (Fsp3) is 0.458. The Kier molecular flexibility index (Phi) is 6.65. The zero-order chi connectivity index (χ0) is 24.7. The van der Waals surface area contributed by atoms with E-state index in [1.807, 2.05) is 17.9 Å². The predicted molar refractivity (Wildman–Crippen MR) is 139 cm³/mol. The molecule has 9 nitrogen and oxygen atoms in total. The summed E-state index contributed by atoms with van der Waals surface area (Å²) in [6.45, 7) is 4.11. The van der Waals surface area contributed by atoms with Crippen molar-refractivity contribution in [2.75, 3.05) is 31.1 Å². The van der Waals surface area contributed by atoms with E-state index < -0.39 is 0 Å². The smallest absolute Gasteiger partial charge is 0.267 e. The summed E-state index contributed by atoms with van der Waals surface area (Å²) in [6, 6.07) is 3.70. The first-order chi connectivity index (χ1) is 16.8. The van der Waals surface area contributed by atoms with E-state index in [0.29, 0.717) is 65.3 Å². The van der Waals surface area contributed by atoms with Gasteiger partial charge in [0.15, 0.2) is 0 Å². The molecule has 35 heavy (non-hydrogen) atoms. The van der Waals surface area contributed by atoms with Crippen LogP contribution in [0.1, 0.15) is 36.8 Å². The number of aryl methyl sites for hydroxylation is 1. The van der Waals surface area contributed by atoms with Gasteiger partial charge in [0.25, 0.3) is 11.5 Å². The number of aromatic nitrogens is 2. The molecule has 0 radical (unpaired) electrons. The Morgan fingerprint density at radius 2 is 2.09 bits per heavy atom. The standard InChI is InChI=1S/C24H27N5O4S2/c1-14-4-2-8-28-20(14)26-21(27-9-6-15(7-10-27)19(25)30)17(22(28)31)12-18-23(32)29(24(34)35-18)13-16-5-3-11-33-16/h2,4,8,12,15-16H,3,5-7,9-11,13H2,1H3,(H2,25,30)/b18-12-/t16-/m1/s1. The van der Waals surface area contributed by atoms with Crippen LogP contribution in [0.2, 0.25) is 0 Å². The molecular weight excluding hydrogens is 486 g/mol. The van der Waals surface area contributed by atoms with Crippen molar-refractivity contribution in [1.29, 1.82) is 0 Å². The quantitative estimate of drug-likeness (QED) is 0.478. The Hall–Kier alpha value is -2.76. The summed E-state index contributed by atoms with van der Waals surface area (Å²) in [6.07, 6.45) is 6.34. The number of primary amides is 1. The van der Waals surface area contributed by atoms with Gasteiger partial charge in [-0.1, -0.05) is 30.0 Å². The van der Waals surface area contributed by atoms with Gasteiger partial charge in [0, 0.05) is 31.8 Å². The number of anilines is 1. The molecule has 184 valence electrons. The second-order valence-corrected chi connectivity index (χ2v) is 10.8. The molecule has 2 N–H and O–H groups in total. The summed E-state index contributed by atoms with van der Waals surface area (Å²) in [7, 11) is 0. The molecule has 0 unspecified atom stereocenters. The highest BCUT2D eigenvalue weighted by Gasteiger charge is 2.35. The van der Waals surface area contributed by atoms with Crippen LogP contribution >= 0.6 is 24.0 Å². The first-order valence-electron chi connectivity index (χ1n) is 11.8. The van der Waals surface area contributed by atoms with Crippen LogP contribution < -0.4 is 16.2 Å². The third-order valence-electron chi connectivity index (χ3n) is 6.82. The highest BCUT2D eigenvalue weighted by atomic mass is 32.2. The van der Waals surface area contributed by atoms with Crippen molar-refractivity contribution < 1.29 is 14.3 Å². The molecule has 11 heteroatoms. The van der Waals surface area contributed by atoms with E-state index in [4.69, 9.17) is 27.7 Å². The van der Waals surface area contributed by atoms with Gasteiger partial charge in [0.05, 0.1) is 23.1 Å². The molecule has 0 bridgehead atoms. The number of hydrogen-bond donors (Lipinski definition) is 1. The van der Waals surface area contributed by atoms with Gasteiger partial charge in [-0.15, -0.1) is 0 Å². The van der Waals surface area contributed by atoms with Crippen LogP contribution in [0.4, 0.5) is 5.82 Å². The fourth-order valence-electron chi connectivity index (χ4n) is 4.82. The molecule has 3 saturated heterocycles. The Morgan fingerprint density at radius 1 is 1.31 bits per heavy atom. The van der Waals surface area contributed by atoms with Crippen molar-refractivity contribution in [2.45, 2.75) is 38.7 Å². The Bertz CT molecular complexity index is 1290. The molecule has 2 aromatic rings. The van der Waals surface area contributed by atoms with Gasteiger partial charge in [0.2, 0.25) is 5.91 Å². The van der Waals surface area contributed by atoms with E-state index in [0.717, 1.165) is 18.4 Å². The SMILES string of the molecule is Cc1cccn2c(=O)c(/C=C3\SC(=S)N(C[C@H]4CCCO4)C3=O)c(N3CCC(C(N)=O)CC3)nc12. The minimum atomic E-state index is -0.304. The molecule has 0 saturated carbocycles. The van der Waals surface area contributed by atoms with Gasteiger partial charge in [-0.2, -0.15) is 0 Å². The van der Waals surface area contributed by atoms with Crippen molar-refractivity contribution in [3.63, 3.8) is 0 Å². The minimum absolute atomic E-state index is 0.0186. The van der Waals surface area contributed by atoms with E-state index >= 15 is 0 Å². The van der Waals surface area contributed by atoms with Gasteiger partial charge in [-0.05, 0) is 50.3 Å². The van der Waals surface area contributed by atoms with E-state index in [2.05, 4.69) is 0 Å². The largest absolute Gasteiger partial charge is 0.376 e. The first-order valence-corrected chi connectivity index (χ1v) is 13.0. The lowest BCUT2D eigenvalue weighted by Gasteiger charge is -2.32. The lowest BCUT2D eigenvalue weighted by atomic mass is 9.96. The second-order valence-electron chi connectivity index (χ2n) is 9.13. The van der Waals surface area contributed by atoms with E-state index in [-0.39, 0.29) is 29.4 Å². The molecule has 0 spiro atoms. The van der Waals surface area contributed by atoms with Crippen molar-refractivity contribution in [3.05, 3.63) is 44.7 Å². The van der Waals surface area contributed by atoms with Crippen LogP contribution in [0.3, 0.4) is 0 Å². The number of fused-ring (bicyclic) bond motifs is 1. The monoisotopic (exact) mass is 513 g/mol. The zero-order valence-corrected chi connectivity index (χ0v) is 21.1. The molecule has 1 atom stereocenters. The molecule has 2 amide bonds. The maximum Gasteiger partial charge on any atom is 0.267 e. The van der Waals surface area contributed by atoms with Crippen molar-refractivity contribution >= 4 is 57.7 Å². The lowest BCUT2D eigenvalue weighted by molar-refractivity contribution is -0.123. The third kappa shape index (κ3) is 4.60. The molecule has 3 fully saturated rings. The number of hydrogen-bond acceptors (Lipinski definition) is 8. The minimum Gasteiger partial charge on any atom is -0.376 e. The highest BCUT2D eigenvalue weighted by molar-refractivity contribution is 8.26. The maximum absolute atomic E-state index is 13.6. The average molecular weight is 514 g/mol. The lowest BCUT2D eigenvalue weighted by Crippen LogP contribution is -2.40. The Labute approximate surface area is 212 Å². The van der Waals surface area contributed by atoms with Gasteiger partial charge >= 0.3 is 0 Å². The number of nitrogens with two attached hydrogens (primary N) is 1. The Balaban J connectivity index is 1.54. The topological polar surface area (TPSA) is 110 Å². The number of thiocarbonyl (C=S) groups is 1. The van der Waals surface area contributed by atoms with Crippen LogP contribution in [0, 0.1) is 12.8 Å². The number of amides is 2. The molecule has 3 aliphatic rings. The number of rotatable bonds is 5. The molecule has 0 aliphatic carbocycles. The summed E-state index contributed by atoms with van der Waals surface area (Å²) in [5.74, 6) is -0.200. The average Bonchev–Trinajstić information content (AvgIpc) is 3.45. The predicted octanol–water partition coefficient (Wildman–Crippen LogP) is 2.08. The third-order valence-corrected chi connectivity index (χ3v) is 8.20. The zero-order valence-electron chi connectivity index (χ0n) is 19.4. The van der Waals surface area contributed by atoms with E-state index in [1.165, 1.54) is 16.2 Å². The Morgan fingerprint density at radius 3 is 2.77 bits per heavy atom. The van der Waals surface area contributed by atoms with Crippen molar-refractivity contribution in [1.82, 2.24) is 14.3 Å². The van der Waals surface area contributed by atoms with Crippen molar-refractivity contribution in [3.8, 4) is 0 Å². The number of carbonyl (C=O) groups is 2. The molecular formula is C24H27N5O4S2. The maximum atomic E-state index is 13.6. The fourth-order valence-corrected chi connectivity index (χ4v) is 6.08. The van der Waals surface area contributed by atoms with E-state index in [1.54, 1.807) is 23.2 Å². The van der Waals surface area contributed by atoms with Gasteiger partial charge < -0.3 is 15.4 Å². The van der Waals surface area contributed by atoms with Crippen LogP contribution in [0.15, 0.2) is 28.0 Å². The highest BCUT2D eigenvalue weighted by Crippen LogP contribution is 2.35. The number of thioether (sulfide) groups is 1.